The van der Waals surface area contributed by atoms with E-state index in [2.05, 4.69) is 10.4 Å². The first-order valence-corrected chi connectivity index (χ1v) is 3.05. The first kappa shape index (κ1) is 13.3. The zero-order valence-electron chi connectivity index (χ0n) is 6.36. The monoisotopic (exact) mass is 197 g/mol. The van der Waals surface area contributed by atoms with Crippen LogP contribution in [0.4, 0.5) is 0 Å². The summed E-state index contributed by atoms with van der Waals surface area (Å²) in [6.45, 7) is 1.92. The zero-order valence-corrected chi connectivity index (χ0v) is 7.99. The summed E-state index contributed by atoms with van der Waals surface area (Å²) >= 11 is 0. The van der Waals surface area contributed by atoms with E-state index in [1.807, 2.05) is 24.0 Å². The molecule has 0 saturated heterocycles. The number of likely N-dealkylation sites (N-methyl/N-ethyl adjacent to an activating group) is 1. The number of aromatic nitrogens is 2. The zero-order chi connectivity index (χ0) is 6.53. The Hall–Kier alpha value is -0.250. The van der Waals surface area contributed by atoms with Crippen LogP contribution >= 0.6 is 24.8 Å². The van der Waals surface area contributed by atoms with Gasteiger partial charge in [-0.3, -0.25) is 4.68 Å². The van der Waals surface area contributed by atoms with E-state index < -0.39 is 0 Å². The molecule has 0 aromatic carbocycles. The number of nitrogens with one attached hydrogen (secondary N) is 1. The fourth-order valence-corrected chi connectivity index (χ4v) is 0.659. The van der Waals surface area contributed by atoms with Gasteiger partial charge in [0.25, 0.3) is 0 Å². The molecule has 1 aromatic heterocycles. The minimum Gasteiger partial charge on any atom is -0.318 e. The topological polar surface area (TPSA) is 29.9 Å². The average molecular weight is 198 g/mol. The van der Waals surface area contributed by atoms with Gasteiger partial charge in [0, 0.05) is 18.9 Å². The third-order valence-electron chi connectivity index (χ3n) is 1.15. The van der Waals surface area contributed by atoms with Crippen LogP contribution in [0.3, 0.4) is 0 Å². The molecule has 3 nitrogen and oxygen atoms in total. The Morgan fingerprint density at radius 2 is 2.18 bits per heavy atom. The first-order valence-electron chi connectivity index (χ1n) is 3.05. The second-order valence-electron chi connectivity index (χ2n) is 1.87. The van der Waals surface area contributed by atoms with Gasteiger partial charge in [-0.25, -0.2) is 0 Å². The average Bonchev–Trinajstić information content (AvgIpc) is 2.34. The lowest BCUT2D eigenvalue weighted by molar-refractivity contribution is 0.585. The van der Waals surface area contributed by atoms with E-state index in [0.717, 1.165) is 13.1 Å². The fourth-order valence-electron chi connectivity index (χ4n) is 0.659. The minimum atomic E-state index is 0. The van der Waals surface area contributed by atoms with Crippen molar-refractivity contribution < 1.29 is 0 Å². The molecule has 1 heterocycles. The minimum absolute atomic E-state index is 0. The molecule has 0 aliphatic carbocycles. The molecular formula is C6H13Cl2N3. The van der Waals surface area contributed by atoms with Crippen molar-refractivity contribution in [3.05, 3.63) is 18.5 Å². The van der Waals surface area contributed by atoms with E-state index in [0.29, 0.717) is 0 Å². The van der Waals surface area contributed by atoms with Crippen LogP contribution in [0.15, 0.2) is 18.5 Å². The molecule has 0 amide bonds. The number of rotatable bonds is 3. The van der Waals surface area contributed by atoms with E-state index in [1.54, 1.807) is 6.20 Å². The van der Waals surface area contributed by atoms with Gasteiger partial charge in [-0.15, -0.1) is 24.8 Å². The molecule has 11 heavy (non-hydrogen) atoms. The van der Waals surface area contributed by atoms with Crippen molar-refractivity contribution in [2.24, 2.45) is 0 Å². The number of halogens is 2. The summed E-state index contributed by atoms with van der Waals surface area (Å²) in [5.41, 5.74) is 0. The summed E-state index contributed by atoms with van der Waals surface area (Å²) in [6, 6.07) is 1.93. The highest BCUT2D eigenvalue weighted by molar-refractivity contribution is 5.85. The maximum atomic E-state index is 4.03. The van der Waals surface area contributed by atoms with E-state index in [9.17, 15) is 0 Å². The predicted molar refractivity (Wildman–Crippen MR) is 50.6 cm³/mol. The normalized spacial score (nSPS) is 8.09. The molecule has 1 rings (SSSR count). The molecule has 0 aliphatic rings. The molecule has 66 valence electrons. The van der Waals surface area contributed by atoms with Crippen LogP contribution in [0, 0.1) is 0 Å². The molecule has 5 heteroatoms. The smallest absolute Gasteiger partial charge is 0.0533 e. The quantitative estimate of drug-likeness (QED) is 0.783. The van der Waals surface area contributed by atoms with Gasteiger partial charge in [0.05, 0.1) is 6.54 Å². The number of hydrogen-bond acceptors (Lipinski definition) is 2. The van der Waals surface area contributed by atoms with E-state index >= 15 is 0 Å². The Kier molecular flexibility index (Phi) is 9.53. The van der Waals surface area contributed by atoms with E-state index in [-0.39, 0.29) is 24.8 Å². The Labute approximate surface area is 79.0 Å². The SMILES string of the molecule is CNCCn1cccn1.Cl.Cl. The highest BCUT2D eigenvalue weighted by atomic mass is 35.5. The van der Waals surface area contributed by atoms with E-state index in [1.165, 1.54) is 0 Å². The maximum Gasteiger partial charge on any atom is 0.0533 e. The van der Waals surface area contributed by atoms with Crippen LogP contribution in [-0.2, 0) is 6.54 Å². The van der Waals surface area contributed by atoms with Gasteiger partial charge in [0.15, 0.2) is 0 Å². The molecule has 0 bridgehead atoms. The standard InChI is InChI=1S/C6H11N3.2ClH/c1-7-4-6-9-5-2-3-8-9;;/h2-3,5,7H,4,6H2,1H3;2*1H. The van der Waals surface area contributed by atoms with Crippen molar-refractivity contribution in [1.29, 1.82) is 0 Å². The van der Waals surface area contributed by atoms with Crippen molar-refractivity contribution in [2.75, 3.05) is 13.6 Å². The predicted octanol–water partition coefficient (Wildman–Crippen LogP) is 0.946. The largest absolute Gasteiger partial charge is 0.318 e. The molecule has 0 spiro atoms. The molecule has 0 aliphatic heterocycles. The van der Waals surface area contributed by atoms with Crippen LogP contribution in [0.25, 0.3) is 0 Å². The summed E-state index contributed by atoms with van der Waals surface area (Å²) in [5, 5.41) is 7.08. The van der Waals surface area contributed by atoms with Gasteiger partial charge < -0.3 is 5.32 Å². The van der Waals surface area contributed by atoms with Crippen molar-refractivity contribution in [2.45, 2.75) is 6.54 Å². The second kappa shape index (κ2) is 7.85. The van der Waals surface area contributed by atoms with Crippen molar-refractivity contribution in [3.8, 4) is 0 Å². The number of hydrogen-bond donors (Lipinski definition) is 1. The van der Waals surface area contributed by atoms with Crippen LogP contribution < -0.4 is 5.32 Å². The Morgan fingerprint density at radius 1 is 1.45 bits per heavy atom. The van der Waals surface area contributed by atoms with Crippen molar-refractivity contribution >= 4 is 24.8 Å². The Morgan fingerprint density at radius 3 is 2.64 bits per heavy atom. The molecular weight excluding hydrogens is 185 g/mol. The Bertz CT molecular complexity index is 153. The first-order chi connectivity index (χ1) is 4.43. The summed E-state index contributed by atoms with van der Waals surface area (Å²) < 4.78 is 1.90. The Balaban J connectivity index is 0. The fraction of sp³-hybridized carbons (Fsp3) is 0.500. The van der Waals surface area contributed by atoms with Crippen LogP contribution in [0.1, 0.15) is 0 Å². The highest BCUT2D eigenvalue weighted by Crippen LogP contribution is 1.80. The summed E-state index contributed by atoms with van der Waals surface area (Å²) in [5.74, 6) is 0. The lowest BCUT2D eigenvalue weighted by atomic mass is 10.6. The van der Waals surface area contributed by atoms with Gasteiger partial charge in [-0.2, -0.15) is 5.10 Å². The van der Waals surface area contributed by atoms with E-state index in [4.69, 9.17) is 0 Å². The van der Waals surface area contributed by atoms with Crippen molar-refractivity contribution in [3.63, 3.8) is 0 Å². The van der Waals surface area contributed by atoms with Crippen molar-refractivity contribution in [1.82, 2.24) is 15.1 Å². The molecule has 1 aromatic rings. The van der Waals surface area contributed by atoms with Gasteiger partial charge >= 0.3 is 0 Å². The molecule has 0 fully saturated rings. The second-order valence-corrected chi connectivity index (χ2v) is 1.87. The third-order valence-corrected chi connectivity index (χ3v) is 1.15. The molecule has 0 atom stereocenters. The maximum absolute atomic E-state index is 4.03. The van der Waals surface area contributed by atoms with Crippen LogP contribution in [0.5, 0.6) is 0 Å². The van der Waals surface area contributed by atoms with Gasteiger partial charge in [0.2, 0.25) is 0 Å². The summed E-state index contributed by atoms with van der Waals surface area (Å²) in [4.78, 5) is 0. The van der Waals surface area contributed by atoms with Gasteiger partial charge in [0.1, 0.15) is 0 Å². The molecule has 1 N–H and O–H groups in total. The summed E-state index contributed by atoms with van der Waals surface area (Å²) in [7, 11) is 1.93. The third kappa shape index (κ3) is 5.07. The van der Waals surface area contributed by atoms with Crippen LogP contribution in [-0.4, -0.2) is 23.4 Å². The summed E-state index contributed by atoms with van der Waals surface area (Å²) in [6.07, 6.45) is 3.74. The number of nitrogens with zero attached hydrogens (tertiary/aromatic N) is 2. The molecule has 0 radical (unpaired) electrons. The van der Waals surface area contributed by atoms with Crippen LogP contribution in [0.2, 0.25) is 0 Å². The van der Waals surface area contributed by atoms with Gasteiger partial charge in [-0.05, 0) is 13.1 Å². The molecule has 0 unspecified atom stereocenters. The highest BCUT2D eigenvalue weighted by Gasteiger charge is 1.84. The molecule has 0 saturated carbocycles. The van der Waals surface area contributed by atoms with Gasteiger partial charge in [-0.1, -0.05) is 0 Å². The lowest BCUT2D eigenvalue weighted by Gasteiger charge is -1.97. The lowest BCUT2D eigenvalue weighted by Crippen LogP contribution is -2.14.